The Labute approximate surface area is 119 Å². The molecule has 0 fully saturated rings. The minimum Gasteiger partial charge on any atom is -0.343 e. The molecule has 5 heteroatoms. The van der Waals surface area contributed by atoms with Crippen molar-refractivity contribution in [1.82, 2.24) is 14.7 Å². The van der Waals surface area contributed by atoms with Crippen molar-refractivity contribution >= 4 is 5.91 Å². The van der Waals surface area contributed by atoms with Gasteiger partial charge in [0.2, 0.25) is 0 Å². The van der Waals surface area contributed by atoms with Gasteiger partial charge in [-0.1, -0.05) is 19.1 Å². The molecule has 0 aliphatic heterocycles. The number of carbonyl (C=O) groups is 1. The lowest BCUT2D eigenvalue weighted by atomic mass is 10.1. The number of hydrogen-bond donors (Lipinski definition) is 1. The number of hydrogen-bond acceptors (Lipinski definition) is 3. The Morgan fingerprint density at radius 2 is 1.95 bits per heavy atom. The van der Waals surface area contributed by atoms with E-state index >= 15 is 0 Å². The molecule has 0 aliphatic carbocycles. The Bertz CT molecular complexity index is 586. The van der Waals surface area contributed by atoms with Gasteiger partial charge in [-0.25, -0.2) is 4.68 Å². The van der Waals surface area contributed by atoms with E-state index in [9.17, 15) is 4.79 Å². The van der Waals surface area contributed by atoms with Crippen molar-refractivity contribution in [2.45, 2.75) is 19.4 Å². The first-order valence-corrected chi connectivity index (χ1v) is 6.66. The van der Waals surface area contributed by atoms with E-state index in [1.165, 1.54) is 4.90 Å². The maximum absolute atomic E-state index is 11.8. The zero-order valence-electron chi connectivity index (χ0n) is 12.1. The third kappa shape index (κ3) is 2.88. The topological polar surface area (TPSA) is 64.2 Å². The zero-order chi connectivity index (χ0) is 14.7. The number of rotatable bonds is 4. The van der Waals surface area contributed by atoms with Crippen LogP contribution in [0.15, 0.2) is 36.5 Å². The lowest BCUT2D eigenvalue weighted by Gasteiger charge is -2.10. The van der Waals surface area contributed by atoms with Gasteiger partial charge in [0, 0.05) is 26.3 Å². The summed E-state index contributed by atoms with van der Waals surface area (Å²) in [5.74, 6) is -0.103. The molecule has 0 bridgehead atoms. The summed E-state index contributed by atoms with van der Waals surface area (Å²) in [5, 5.41) is 4.29. The van der Waals surface area contributed by atoms with E-state index in [0.29, 0.717) is 5.69 Å². The molecule has 0 radical (unpaired) electrons. The molecular weight excluding hydrogens is 252 g/mol. The predicted molar refractivity (Wildman–Crippen MR) is 78.8 cm³/mol. The summed E-state index contributed by atoms with van der Waals surface area (Å²) in [6.07, 6.45) is 2.69. The summed E-state index contributed by atoms with van der Waals surface area (Å²) in [4.78, 5) is 13.3. The van der Waals surface area contributed by atoms with Gasteiger partial charge in [0.1, 0.15) is 0 Å². The van der Waals surface area contributed by atoms with Gasteiger partial charge in [0.05, 0.1) is 5.69 Å². The van der Waals surface area contributed by atoms with Crippen LogP contribution >= 0.6 is 0 Å². The lowest BCUT2D eigenvalue weighted by Crippen LogP contribution is -2.22. The van der Waals surface area contributed by atoms with Crippen molar-refractivity contribution < 1.29 is 4.79 Å². The molecule has 0 saturated heterocycles. The lowest BCUT2D eigenvalue weighted by molar-refractivity contribution is 0.0821. The molecule has 1 unspecified atom stereocenters. The smallest absolute Gasteiger partial charge is 0.273 e. The van der Waals surface area contributed by atoms with Gasteiger partial charge >= 0.3 is 0 Å². The number of benzene rings is 1. The van der Waals surface area contributed by atoms with Crippen LogP contribution in [0.4, 0.5) is 0 Å². The van der Waals surface area contributed by atoms with Gasteiger partial charge in [-0.15, -0.1) is 0 Å². The van der Waals surface area contributed by atoms with Crippen molar-refractivity contribution in [2.75, 3.05) is 14.1 Å². The average Bonchev–Trinajstić information content (AvgIpc) is 2.95. The zero-order valence-corrected chi connectivity index (χ0v) is 12.1. The number of nitrogens with two attached hydrogens (primary N) is 1. The van der Waals surface area contributed by atoms with Crippen LogP contribution in [0.1, 0.15) is 35.4 Å². The van der Waals surface area contributed by atoms with Crippen LogP contribution in [-0.2, 0) is 0 Å². The molecule has 0 aliphatic rings. The van der Waals surface area contributed by atoms with E-state index in [0.717, 1.165) is 17.7 Å². The first-order chi connectivity index (χ1) is 9.52. The van der Waals surface area contributed by atoms with Gasteiger partial charge in [-0.3, -0.25) is 4.79 Å². The van der Waals surface area contributed by atoms with E-state index in [2.05, 4.69) is 12.0 Å². The van der Waals surface area contributed by atoms with Gasteiger partial charge in [0.25, 0.3) is 5.91 Å². The number of aromatic nitrogens is 2. The third-order valence-electron chi connectivity index (χ3n) is 3.24. The summed E-state index contributed by atoms with van der Waals surface area (Å²) in [7, 11) is 3.42. The maximum Gasteiger partial charge on any atom is 0.273 e. The van der Waals surface area contributed by atoms with Gasteiger partial charge in [-0.2, -0.15) is 5.10 Å². The molecule has 106 valence electrons. The second-order valence-electron chi connectivity index (χ2n) is 4.95. The molecule has 0 saturated carbocycles. The van der Waals surface area contributed by atoms with Gasteiger partial charge < -0.3 is 10.6 Å². The average molecular weight is 272 g/mol. The van der Waals surface area contributed by atoms with Crippen LogP contribution in [0.3, 0.4) is 0 Å². The fourth-order valence-corrected chi connectivity index (χ4v) is 1.92. The molecule has 20 heavy (non-hydrogen) atoms. The van der Waals surface area contributed by atoms with Crippen LogP contribution in [-0.4, -0.2) is 34.7 Å². The number of amides is 1. The Hall–Kier alpha value is -2.14. The van der Waals surface area contributed by atoms with E-state index in [1.807, 2.05) is 24.3 Å². The molecule has 1 aromatic carbocycles. The van der Waals surface area contributed by atoms with Crippen molar-refractivity contribution in [3.05, 3.63) is 47.8 Å². The predicted octanol–water partition coefficient (Wildman–Crippen LogP) is 1.98. The minimum atomic E-state index is -0.103. The van der Waals surface area contributed by atoms with E-state index in [1.54, 1.807) is 31.0 Å². The van der Waals surface area contributed by atoms with E-state index < -0.39 is 0 Å². The van der Waals surface area contributed by atoms with Crippen LogP contribution in [0.5, 0.6) is 0 Å². The Morgan fingerprint density at radius 1 is 1.30 bits per heavy atom. The fourth-order valence-electron chi connectivity index (χ4n) is 1.92. The highest BCUT2D eigenvalue weighted by Crippen LogP contribution is 2.16. The first kappa shape index (κ1) is 14.3. The van der Waals surface area contributed by atoms with Crippen LogP contribution < -0.4 is 5.73 Å². The largest absolute Gasteiger partial charge is 0.343 e. The summed E-state index contributed by atoms with van der Waals surface area (Å²) in [6.45, 7) is 2.06. The summed E-state index contributed by atoms with van der Waals surface area (Å²) in [5.41, 5.74) is 8.44. The second-order valence-corrected chi connectivity index (χ2v) is 4.95. The molecule has 1 atom stereocenters. The molecule has 1 amide bonds. The van der Waals surface area contributed by atoms with Crippen molar-refractivity contribution in [3.8, 4) is 5.69 Å². The molecule has 1 heterocycles. The van der Waals surface area contributed by atoms with Gasteiger partial charge in [-0.05, 0) is 30.2 Å². The van der Waals surface area contributed by atoms with Crippen LogP contribution in [0.25, 0.3) is 5.69 Å². The number of carbonyl (C=O) groups excluding carboxylic acids is 1. The molecule has 2 rings (SSSR count). The number of nitrogens with zero attached hydrogens (tertiary/aromatic N) is 3. The molecule has 5 nitrogen and oxygen atoms in total. The third-order valence-corrected chi connectivity index (χ3v) is 3.24. The van der Waals surface area contributed by atoms with E-state index in [-0.39, 0.29) is 11.9 Å². The Kier molecular flexibility index (Phi) is 4.20. The van der Waals surface area contributed by atoms with Gasteiger partial charge in [0.15, 0.2) is 5.69 Å². The monoisotopic (exact) mass is 272 g/mol. The highest BCUT2D eigenvalue weighted by molar-refractivity contribution is 5.91. The maximum atomic E-state index is 11.8. The molecular formula is C15H20N4O. The van der Waals surface area contributed by atoms with Crippen molar-refractivity contribution in [1.29, 1.82) is 0 Å². The summed E-state index contributed by atoms with van der Waals surface area (Å²) < 4.78 is 1.69. The second kappa shape index (κ2) is 5.88. The highest BCUT2D eigenvalue weighted by Gasteiger charge is 2.12. The minimum absolute atomic E-state index is 0.0625. The summed E-state index contributed by atoms with van der Waals surface area (Å²) >= 11 is 0. The van der Waals surface area contributed by atoms with Crippen LogP contribution in [0, 0.1) is 0 Å². The van der Waals surface area contributed by atoms with Crippen molar-refractivity contribution in [2.24, 2.45) is 5.73 Å². The Morgan fingerprint density at radius 3 is 2.50 bits per heavy atom. The SMILES string of the molecule is CCC(N)c1ccc(-n2ccc(C(=O)N(C)C)n2)cc1. The van der Waals surface area contributed by atoms with Crippen LogP contribution in [0.2, 0.25) is 0 Å². The fraction of sp³-hybridized carbons (Fsp3) is 0.333. The standard InChI is InChI=1S/C15H20N4O/c1-4-13(16)11-5-7-12(8-6-11)19-10-9-14(17-19)15(20)18(2)3/h5-10,13H,4,16H2,1-3H3. The van der Waals surface area contributed by atoms with E-state index in [4.69, 9.17) is 5.73 Å². The molecule has 0 spiro atoms. The van der Waals surface area contributed by atoms with Crippen molar-refractivity contribution in [3.63, 3.8) is 0 Å². The highest BCUT2D eigenvalue weighted by atomic mass is 16.2. The first-order valence-electron chi connectivity index (χ1n) is 6.66. The Balaban J connectivity index is 2.22. The normalized spacial score (nSPS) is 12.2. The molecule has 2 N–H and O–H groups in total. The summed E-state index contributed by atoms with van der Waals surface area (Å²) in [6, 6.07) is 9.70. The molecule has 1 aromatic heterocycles. The quantitative estimate of drug-likeness (QED) is 0.925. The molecule has 2 aromatic rings.